The molecule has 1 aliphatic heterocycles. The summed E-state index contributed by atoms with van der Waals surface area (Å²) in [6, 6.07) is 10.4. The second-order valence-corrected chi connectivity index (χ2v) is 9.18. The second-order valence-electron chi connectivity index (χ2n) is 7.90. The van der Waals surface area contributed by atoms with Crippen LogP contribution in [-0.4, -0.2) is 40.1 Å². The van der Waals surface area contributed by atoms with E-state index >= 15 is 0 Å². The van der Waals surface area contributed by atoms with Gasteiger partial charge < -0.3 is 0 Å². The Labute approximate surface area is 200 Å². The zero-order chi connectivity index (χ0) is 23.0. The monoisotopic (exact) mass is 492 g/mol. The van der Waals surface area contributed by atoms with Crippen LogP contribution in [0.2, 0.25) is 15.1 Å². The van der Waals surface area contributed by atoms with E-state index in [4.69, 9.17) is 34.8 Å². The number of rotatable bonds is 5. The van der Waals surface area contributed by atoms with E-state index in [1.54, 1.807) is 12.1 Å². The molecule has 1 heterocycles. The van der Waals surface area contributed by atoms with Gasteiger partial charge in [-0.1, -0.05) is 47.6 Å². The summed E-state index contributed by atoms with van der Waals surface area (Å²) < 4.78 is 0. The number of amides is 3. The maximum absolute atomic E-state index is 13.5. The van der Waals surface area contributed by atoms with Crippen molar-refractivity contribution < 1.29 is 19.2 Å². The van der Waals surface area contributed by atoms with Crippen LogP contribution < -0.4 is 0 Å². The van der Waals surface area contributed by atoms with Crippen molar-refractivity contribution >= 4 is 58.3 Å². The van der Waals surface area contributed by atoms with E-state index in [2.05, 4.69) is 0 Å². The smallest absolute Gasteiger partial charge is 0.274 e. The number of nitrogens with zero attached hydrogens (tertiary/aromatic N) is 2. The Kier molecular flexibility index (Phi) is 6.56. The third-order valence-corrected chi connectivity index (χ3v) is 6.71. The van der Waals surface area contributed by atoms with Crippen LogP contribution in [0.4, 0.5) is 0 Å². The summed E-state index contributed by atoms with van der Waals surface area (Å²) in [7, 11) is 0. The molecular weight excluding hydrogens is 475 g/mol. The number of hydrogen-bond acceptors (Lipinski definition) is 4. The maximum Gasteiger partial charge on any atom is 0.274 e. The number of hydrogen-bond donors (Lipinski definition) is 0. The highest BCUT2D eigenvalue weighted by atomic mass is 35.5. The summed E-state index contributed by atoms with van der Waals surface area (Å²) >= 11 is 18.1. The Morgan fingerprint density at radius 1 is 0.875 bits per heavy atom. The third-order valence-electron chi connectivity index (χ3n) is 5.91. The lowest BCUT2D eigenvalue weighted by Gasteiger charge is -2.30. The van der Waals surface area contributed by atoms with Crippen LogP contribution in [0.5, 0.6) is 0 Å². The van der Waals surface area contributed by atoms with Gasteiger partial charge in [0, 0.05) is 15.6 Å². The van der Waals surface area contributed by atoms with Crippen LogP contribution >= 0.6 is 34.8 Å². The van der Waals surface area contributed by atoms with Gasteiger partial charge in [0.15, 0.2) is 5.78 Å². The highest BCUT2D eigenvalue weighted by Crippen LogP contribution is 2.39. The second kappa shape index (κ2) is 9.22. The molecular formula is C23H19Cl3N2O4. The zero-order valence-electron chi connectivity index (χ0n) is 16.9. The van der Waals surface area contributed by atoms with Crippen molar-refractivity contribution in [3.05, 3.63) is 68.7 Å². The van der Waals surface area contributed by atoms with Crippen LogP contribution in [0, 0.1) is 11.8 Å². The molecule has 2 aromatic carbocycles. The first-order valence-electron chi connectivity index (χ1n) is 10.2. The van der Waals surface area contributed by atoms with Crippen LogP contribution in [-0.2, 0) is 9.59 Å². The van der Waals surface area contributed by atoms with Crippen molar-refractivity contribution in [2.45, 2.75) is 25.7 Å². The molecule has 1 saturated heterocycles. The molecule has 2 aliphatic rings. The fourth-order valence-corrected chi connectivity index (χ4v) is 4.90. The summed E-state index contributed by atoms with van der Waals surface area (Å²) in [6.45, 7) is -0.504. The van der Waals surface area contributed by atoms with Crippen LogP contribution in [0.15, 0.2) is 42.5 Å². The number of fused-ring (bicyclic) bond motifs is 1. The molecule has 0 bridgehead atoms. The zero-order valence-corrected chi connectivity index (χ0v) is 19.2. The van der Waals surface area contributed by atoms with Gasteiger partial charge in [0.05, 0.1) is 22.4 Å². The third kappa shape index (κ3) is 4.27. The van der Waals surface area contributed by atoms with Gasteiger partial charge >= 0.3 is 0 Å². The van der Waals surface area contributed by atoms with E-state index < -0.39 is 41.9 Å². The van der Waals surface area contributed by atoms with Gasteiger partial charge in [-0.05, 0) is 55.3 Å². The predicted octanol–water partition coefficient (Wildman–Crippen LogP) is 5.06. The SMILES string of the molecule is O=C(CN(C(=O)c1ccc(Cl)cc1Cl)N1C(=O)[C@@H]2CCCC[C@H]2C1=O)c1ccc(Cl)cc1. The molecule has 4 rings (SSSR count). The number of halogens is 3. The fraction of sp³-hybridized carbons (Fsp3) is 0.304. The molecule has 166 valence electrons. The number of carbonyl (C=O) groups is 4. The van der Waals surface area contributed by atoms with Gasteiger partial charge in [-0.25, -0.2) is 5.01 Å². The van der Waals surface area contributed by atoms with E-state index in [-0.39, 0.29) is 10.6 Å². The van der Waals surface area contributed by atoms with Crippen molar-refractivity contribution in [2.75, 3.05) is 6.54 Å². The van der Waals surface area contributed by atoms with Gasteiger partial charge in [-0.3, -0.25) is 19.2 Å². The number of Topliss-reactive ketones (excluding diaryl/α,β-unsaturated/α-hetero) is 1. The minimum atomic E-state index is -0.727. The summed E-state index contributed by atoms with van der Waals surface area (Å²) in [5, 5.41) is 2.60. The first-order valence-corrected chi connectivity index (χ1v) is 11.3. The van der Waals surface area contributed by atoms with Gasteiger partial charge in [0.2, 0.25) is 0 Å². The maximum atomic E-state index is 13.5. The first kappa shape index (κ1) is 22.8. The Hall–Kier alpha value is -2.41. The van der Waals surface area contributed by atoms with Gasteiger partial charge in [0.1, 0.15) is 6.54 Å². The van der Waals surface area contributed by atoms with E-state index in [1.165, 1.54) is 30.3 Å². The largest absolute Gasteiger partial charge is 0.292 e. The average Bonchev–Trinajstić information content (AvgIpc) is 3.02. The summed E-state index contributed by atoms with van der Waals surface area (Å²) in [5.74, 6) is -3.04. The topological polar surface area (TPSA) is 74.8 Å². The predicted molar refractivity (Wildman–Crippen MR) is 121 cm³/mol. The van der Waals surface area contributed by atoms with Crippen molar-refractivity contribution in [3.63, 3.8) is 0 Å². The quantitative estimate of drug-likeness (QED) is 0.431. The van der Waals surface area contributed by atoms with E-state index in [0.29, 0.717) is 28.5 Å². The molecule has 32 heavy (non-hydrogen) atoms. The van der Waals surface area contributed by atoms with Crippen molar-refractivity contribution in [3.8, 4) is 0 Å². The van der Waals surface area contributed by atoms with Gasteiger partial charge in [0.25, 0.3) is 17.7 Å². The van der Waals surface area contributed by atoms with Crippen LogP contribution in [0.1, 0.15) is 46.4 Å². The van der Waals surface area contributed by atoms with Crippen molar-refractivity contribution in [1.82, 2.24) is 10.0 Å². The Morgan fingerprint density at radius 3 is 2.00 bits per heavy atom. The molecule has 1 aliphatic carbocycles. The molecule has 3 amide bonds. The van der Waals surface area contributed by atoms with Gasteiger partial charge in [-0.15, -0.1) is 0 Å². The average molecular weight is 494 g/mol. The highest BCUT2D eigenvalue weighted by molar-refractivity contribution is 6.36. The fourth-order valence-electron chi connectivity index (χ4n) is 4.28. The van der Waals surface area contributed by atoms with Crippen molar-refractivity contribution in [1.29, 1.82) is 0 Å². The minimum absolute atomic E-state index is 0.0374. The molecule has 1 saturated carbocycles. The van der Waals surface area contributed by atoms with E-state index in [0.717, 1.165) is 22.9 Å². The molecule has 2 fully saturated rings. The minimum Gasteiger partial charge on any atom is -0.292 e. The lowest BCUT2D eigenvalue weighted by molar-refractivity contribution is -0.154. The van der Waals surface area contributed by atoms with Crippen LogP contribution in [0.3, 0.4) is 0 Å². The molecule has 0 spiro atoms. The summed E-state index contributed by atoms with van der Waals surface area (Å²) in [4.78, 5) is 52.8. The van der Waals surface area contributed by atoms with Crippen LogP contribution in [0.25, 0.3) is 0 Å². The molecule has 0 unspecified atom stereocenters. The summed E-state index contributed by atoms with van der Waals surface area (Å²) in [5.41, 5.74) is 0.335. The van der Waals surface area contributed by atoms with Crippen molar-refractivity contribution in [2.24, 2.45) is 11.8 Å². The molecule has 2 atom stereocenters. The lowest BCUT2D eigenvalue weighted by atomic mass is 9.81. The molecule has 6 nitrogen and oxygen atoms in total. The molecule has 9 heteroatoms. The Balaban J connectivity index is 1.71. The number of ketones is 1. The number of hydrazine groups is 1. The molecule has 0 radical (unpaired) electrons. The normalized spacial score (nSPS) is 20.3. The van der Waals surface area contributed by atoms with Gasteiger partial charge in [-0.2, -0.15) is 5.01 Å². The van der Waals surface area contributed by atoms with E-state index in [9.17, 15) is 19.2 Å². The molecule has 0 aromatic heterocycles. The molecule has 2 aromatic rings. The number of imide groups is 1. The first-order chi connectivity index (χ1) is 15.3. The standard InChI is InChI=1S/C23H19Cl3N2O4/c24-14-7-5-13(6-8-14)20(29)12-27(21(30)18-10-9-15(25)11-19(18)26)28-22(31)16-3-1-2-4-17(16)23(28)32/h5-11,16-17H,1-4,12H2/t16-,17-/m1/s1. The number of benzene rings is 2. The lowest BCUT2D eigenvalue weighted by Crippen LogP contribution is -2.52. The molecule has 0 N–H and O–H groups in total. The van der Waals surface area contributed by atoms with E-state index in [1.807, 2.05) is 0 Å². The Morgan fingerprint density at radius 2 is 1.44 bits per heavy atom. The highest BCUT2D eigenvalue weighted by Gasteiger charge is 2.51. The number of carbonyl (C=O) groups excluding carboxylic acids is 4. The Bertz CT molecular complexity index is 1080. The summed E-state index contributed by atoms with van der Waals surface area (Å²) in [6.07, 6.45) is 2.85.